The summed E-state index contributed by atoms with van der Waals surface area (Å²) in [5, 5.41) is 2.06. The van der Waals surface area contributed by atoms with Crippen LogP contribution in [0.4, 0.5) is 0 Å². The van der Waals surface area contributed by atoms with Crippen molar-refractivity contribution in [1.29, 1.82) is 0 Å². The van der Waals surface area contributed by atoms with Gasteiger partial charge in [-0.05, 0) is 138 Å². The summed E-state index contributed by atoms with van der Waals surface area (Å²) in [4.78, 5) is 5.78. The number of hydrogen-bond donors (Lipinski definition) is 0. The van der Waals surface area contributed by atoms with Gasteiger partial charge in [0.2, 0.25) is 0 Å². The van der Waals surface area contributed by atoms with Gasteiger partial charge in [0, 0.05) is 56.0 Å². The highest BCUT2D eigenvalue weighted by molar-refractivity contribution is 8.00. The van der Waals surface area contributed by atoms with Gasteiger partial charge in [0.05, 0.1) is 10.6 Å². The Kier molecular flexibility index (Phi) is 9.66. The molecule has 63 heavy (non-hydrogen) atoms. The van der Waals surface area contributed by atoms with Gasteiger partial charge in [0.15, 0.2) is 0 Å². The highest BCUT2D eigenvalue weighted by Crippen LogP contribution is 2.51. The third kappa shape index (κ3) is 6.63. The summed E-state index contributed by atoms with van der Waals surface area (Å²) in [6.45, 7) is 0. The normalized spacial score (nSPS) is 31.5. The van der Waals surface area contributed by atoms with Crippen LogP contribution in [0.15, 0.2) is 202 Å². The molecule has 1 nitrogen and oxygen atoms in total. The second kappa shape index (κ2) is 15.9. The molecular weight excluding hydrogens is 799 g/mol. The number of fused-ring (bicyclic) bond motifs is 9. The summed E-state index contributed by atoms with van der Waals surface area (Å²) in [6, 6.07) is 9.30. The fourth-order valence-corrected chi connectivity index (χ4v) is 15.5. The van der Waals surface area contributed by atoms with E-state index in [1.54, 1.807) is 5.56 Å². The van der Waals surface area contributed by atoms with E-state index in [1.807, 2.05) is 11.8 Å². The van der Waals surface area contributed by atoms with Crippen molar-refractivity contribution < 1.29 is 0 Å². The Bertz CT molecular complexity index is 2930. The second-order valence-corrected chi connectivity index (χ2v) is 21.5. The lowest BCUT2D eigenvalue weighted by atomic mass is 9.71. The average Bonchev–Trinajstić information content (AvgIpc) is 3.93. The summed E-state index contributed by atoms with van der Waals surface area (Å²) in [5.41, 5.74) is 16.4. The average molecular weight is 854 g/mol. The zero-order valence-electron chi connectivity index (χ0n) is 36.0. The first kappa shape index (κ1) is 38.4. The van der Waals surface area contributed by atoms with Crippen LogP contribution in [-0.4, -0.2) is 16.2 Å². The van der Waals surface area contributed by atoms with E-state index < -0.39 is 0 Å². The first-order valence-electron chi connectivity index (χ1n) is 24.0. The zero-order valence-corrected chi connectivity index (χ0v) is 37.7. The molecule has 10 aliphatic carbocycles. The molecule has 0 saturated carbocycles. The van der Waals surface area contributed by atoms with Crippen molar-refractivity contribution in [3.8, 4) is 0 Å². The van der Waals surface area contributed by atoms with E-state index in [0.717, 1.165) is 51.4 Å². The van der Waals surface area contributed by atoms with Gasteiger partial charge in [-0.15, -0.1) is 23.1 Å². The molecule has 7 unspecified atom stereocenters. The molecule has 13 rings (SSSR count). The highest BCUT2D eigenvalue weighted by atomic mass is 32.2. The fraction of sp³-hybridized carbons (Fsp3) is 0.300. The molecule has 0 fully saturated rings. The second-order valence-electron chi connectivity index (χ2n) is 19.3. The maximum absolute atomic E-state index is 2.80. The van der Waals surface area contributed by atoms with E-state index in [1.165, 1.54) is 88.3 Å². The predicted molar refractivity (Wildman–Crippen MR) is 267 cm³/mol. The monoisotopic (exact) mass is 853 g/mol. The maximum atomic E-state index is 2.80. The van der Waals surface area contributed by atoms with Crippen LogP contribution in [0.5, 0.6) is 0 Å². The van der Waals surface area contributed by atoms with Gasteiger partial charge in [0.25, 0.3) is 0 Å². The highest BCUT2D eigenvalue weighted by Gasteiger charge is 2.37. The van der Waals surface area contributed by atoms with Crippen LogP contribution in [-0.2, 0) is 6.42 Å². The Balaban J connectivity index is 0.828. The molecule has 8 atom stereocenters. The van der Waals surface area contributed by atoms with Crippen LogP contribution in [0.3, 0.4) is 0 Å². The van der Waals surface area contributed by atoms with Gasteiger partial charge in [0.1, 0.15) is 0 Å². The van der Waals surface area contributed by atoms with E-state index in [0.29, 0.717) is 40.8 Å². The first-order chi connectivity index (χ1) is 31.2. The lowest BCUT2D eigenvalue weighted by molar-refractivity contribution is 0.395. The Hall–Kier alpha value is -5.09. The van der Waals surface area contributed by atoms with Crippen LogP contribution in [0.1, 0.15) is 79.7 Å². The Morgan fingerprint density at radius 2 is 1.60 bits per heavy atom. The van der Waals surface area contributed by atoms with Crippen molar-refractivity contribution in [3.63, 3.8) is 0 Å². The summed E-state index contributed by atoms with van der Waals surface area (Å²) in [6.07, 6.45) is 68.4. The number of rotatable bonds is 6. The summed E-state index contributed by atoms with van der Waals surface area (Å²) >= 11 is 4.11. The summed E-state index contributed by atoms with van der Waals surface area (Å²) < 4.78 is 1.51. The van der Waals surface area contributed by atoms with Gasteiger partial charge < -0.3 is 4.90 Å². The lowest BCUT2D eigenvalue weighted by Crippen LogP contribution is -2.40. The molecule has 0 bridgehead atoms. The maximum Gasteiger partial charge on any atom is 0.0557 e. The molecule has 2 heterocycles. The van der Waals surface area contributed by atoms with Crippen molar-refractivity contribution in [2.24, 2.45) is 29.6 Å². The quantitative estimate of drug-likeness (QED) is 0.285. The molecule has 0 saturated heterocycles. The lowest BCUT2D eigenvalue weighted by Gasteiger charge is -2.40. The van der Waals surface area contributed by atoms with Gasteiger partial charge >= 0.3 is 0 Å². The molecule has 0 spiro atoms. The fourth-order valence-electron chi connectivity index (χ4n) is 12.7. The minimum Gasteiger partial charge on any atom is -0.337 e. The standard InChI is InChI=1S/C60H55NS2/c1-2-11-39(12-3-1)51-18-9-19-53-54-20-10-21-56(60(54)63-59(51)53)61(45-29-25-40(26-30-45)48-17-8-14-38-13-4-5-15-47(38)48)46-31-33-50-44(36-46)24-23-43-35-41(27-32-49(43)50)42-28-34-58-55(37-42)52-16-6-7-22-57(52)62-58/h2,4,6-8,11-14,16-18,20,22-29,31-34,36-37,41,44-45,47-48,50,55,58H,1,3,5,9-10,15,19,21,30,35H2/t41-,44?,45?,47?,48?,50?,55?,58?/m0/s1. The molecule has 1 aromatic carbocycles. The minimum atomic E-state index is 0.272. The van der Waals surface area contributed by atoms with Crippen molar-refractivity contribution in [2.75, 3.05) is 0 Å². The van der Waals surface area contributed by atoms with Crippen LogP contribution < -0.4 is 9.75 Å². The van der Waals surface area contributed by atoms with Gasteiger partial charge in [-0.3, -0.25) is 0 Å². The Morgan fingerprint density at radius 1 is 0.667 bits per heavy atom. The summed E-state index contributed by atoms with van der Waals surface area (Å²) in [7, 11) is 0. The van der Waals surface area contributed by atoms with Gasteiger partial charge in [-0.2, -0.15) is 0 Å². The molecule has 3 heteroatoms. The van der Waals surface area contributed by atoms with Crippen LogP contribution in [0.25, 0.3) is 17.3 Å². The zero-order chi connectivity index (χ0) is 41.4. The van der Waals surface area contributed by atoms with E-state index in [2.05, 4.69) is 180 Å². The number of nitrogens with zero attached hydrogens (tertiary/aromatic N) is 1. The minimum absolute atomic E-state index is 0.272. The Morgan fingerprint density at radius 3 is 2.54 bits per heavy atom. The molecule has 312 valence electrons. The molecule has 1 aromatic heterocycles. The topological polar surface area (TPSA) is 3.24 Å². The number of benzene rings is 1. The molecule has 1 aliphatic heterocycles. The smallest absolute Gasteiger partial charge is 0.0557 e. The number of allylic oxidation sites excluding steroid dienone is 26. The molecular formula is C60H55NS2. The number of hydrogen-bond acceptors (Lipinski definition) is 3. The number of thioether (sulfide) groups is 1. The van der Waals surface area contributed by atoms with E-state index in [4.69, 9.17) is 0 Å². The third-order valence-electron chi connectivity index (χ3n) is 15.8. The van der Waals surface area contributed by atoms with Crippen LogP contribution in [0.2, 0.25) is 0 Å². The third-order valence-corrected chi connectivity index (χ3v) is 18.4. The van der Waals surface area contributed by atoms with E-state index >= 15 is 0 Å². The predicted octanol–water partition coefficient (Wildman–Crippen LogP) is 13.6. The largest absolute Gasteiger partial charge is 0.337 e. The SMILES string of the molecule is C1=CC(C2=CCC(N(C3=CC4C=CC5=C(C=C[C@H](C6=CC7c8ccccc8SC7C=C6)C5)C4C=C3)C3=c4sc5c(c4=CCC3)CCC=C5C3=CCCC=C3)C=C2)C2CCC=CC2=C1. The van der Waals surface area contributed by atoms with Crippen molar-refractivity contribution in [3.05, 3.63) is 223 Å². The molecule has 0 N–H and O–H groups in total. The van der Waals surface area contributed by atoms with Gasteiger partial charge in [-0.25, -0.2) is 0 Å². The van der Waals surface area contributed by atoms with Gasteiger partial charge in [-0.1, -0.05) is 152 Å². The molecule has 0 amide bonds. The van der Waals surface area contributed by atoms with Crippen molar-refractivity contribution in [2.45, 2.75) is 86.3 Å². The van der Waals surface area contributed by atoms with Crippen molar-refractivity contribution >= 4 is 40.4 Å². The first-order valence-corrected chi connectivity index (χ1v) is 25.7. The van der Waals surface area contributed by atoms with Crippen molar-refractivity contribution in [1.82, 2.24) is 4.90 Å². The van der Waals surface area contributed by atoms with Crippen LogP contribution >= 0.6 is 23.1 Å². The number of thiophene rings is 1. The summed E-state index contributed by atoms with van der Waals surface area (Å²) in [5.74, 6) is 2.70. The van der Waals surface area contributed by atoms with Crippen LogP contribution in [0, 0.1) is 29.6 Å². The van der Waals surface area contributed by atoms with E-state index in [9.17, 15) is 0 Å². The molecule has 0 radical (unpaired) electrons. The van der Waals surface area contributed by atoms with E-state index in [-0.39, 0.29) is 6.04 Å². The molecule has 11 aliphatic rings. The Labute approximate surface area is 381 Å². The molecule has 2 aromatic rings.